The van der Waals surface area contributed by atoms with Crippen molar-refractivity contribution in [3.63, 3.8) is 0 Å². The van der Waals surface area contributed by atoms with Crippen molar-refractivity contribution >= 4 is 46.3 Å². The van der Waals surface area contributed by atoms with Gasteiger partial charge in [0, 0.05) is 11.6 Å². The molecule has 3 rings (SSSR count). The van der Waals surface area contributed by atoms with Crippen LogP contribution in [0.4, 0.5) is 33.6 Å². The standard InChI is InChI=1S/C31H34F3N5O10S/c1-29(2,3)48-27(44)35-19(13-16-7-10-18(11-8-16)31(32,33)34)15-38(28(45)49-30(4,5)6)26-37-36-23(50-26)17-9-12-21(39(46)47)20(14-17)22(24(40)41)25(42)43/h7-12,14,19,22H,13,15H2,1-6H3,(H,35,44)(H,40,41)(H,42,43)/t19-/m0/s1. The number of anilines is 1. The quantitative estimate of drug-likeness (QED) is 0.114. The zero-order chi connectivity index (χ0) is 37.8. The maximum absolute atomic E-state index is 13.5. The second-order valence-corrected chi connectivity index (χ2v) is 13.8. The molecule has 0 saturated heterocycles. The van der Waals surface area contributed by atoms with Crippen LogP contribution in [0.2, 0.25) is 0 Å². The summed E-state index contributed by atoms with van der Waals surface area (Å²) in [4.78, 5) is 61.5. The van der Waals surface area contributed by atoms with Gasteiger partial charge >= 0.3 is 30.3 Å². The number of rotatable bonds is 11. The van der Waals surface area contributed by atoms with E-state index in [1.807, 2.05) is 0 Å². The second kappa shape index (κ2) is 15.1. The first-order chi connectivity index (χ1) is 22.9. The lowest BCUT2D eigenvalue weighted by Gasteiger charge is -2.29. The van der Waals surface area contributed by atoms with E-state index in [1.165, 1.54) is 18.2 Å². The number of ether oxygens (including phenoxy) is 2. The number of hydrogen-bond donors (Lipinski definition) is 3. The molecule has 3 aromatic rings. The van der Waals surface area contributed by atoms with Crippen molar-refractivity contribution in [3.05, 3.63) is 69.3 Å². The maximum atomic E-state index is 13.5. The van der Waals surface area contributed by atoms with Crippen LogP contribution in [0.15, 0.2) is 42.5 Å². The summed E-state index contributed by atoms with van der Waals surface area (Å²) in [5.41, 5.74) is -3.83. The van der Waals surface area contributed by atoms with E-state index in [-0.39, 0.29) is 28.7 Å². The smallest absolute Gasteiger partial charge is 0.416 e. The maximum Gasteiger partial charge on any atom is 0.416 e. The van der Waals surface area contributed by atoms with Gasteiger partial charge < -0.3 is 25.0 Å². The van der Waals surface area contributed by atoms with E-state index in [1.54, 1.807) is 41.5 Å². The summed E-state index contributed by atoms with van der Waals surface area (Å²) >= 11 is 0.751. The molecule has 2 aromatic carbocycles. The molecule has 0 unspecified atom stereocenters. The Morgan fingerprint density at radius 2 is 1.52 bits per heavy atom. The van der Waals surface area contributed by atoms with Crippen LogP contribution < -0.4 is 10.2 Å². The van der Waals surface area contributed by atoms with Gasteiger partial charge in [0.05, 0.1) is 28.6 Å². The fourth-order valence-electron chi connectivity index (χ4n) is 4.42. The summed E-state index contributed by atoms with van der Waals surface area (Å²) in [6, 6.07) is 6.29. The van der Waals surface area contributed by atoms with Crippen LogP contribution in [0.25, 0.3) is 10.6 Å². The van der Waals surface area contributed by atoms with Crippen LogP contribution in [0.1, 0.15) is 64.2 Å². The minimum Gasteiger partial charge on any atom is -0.480 e. The Balaban J connectivity index is 2.08. The molecule has 0 aliphatic carbocycles. The largest absolute Gasteiger partial charge is 0.480 e. The predicted molar refractivity (Wildman–Crippen MR) is 172 cm³/mol. The van der Waals surface area contributed by atoms with Crippen LogP contribution in [0, 0.1) is 10.1 Å². The molecular formula is C31H34F3N5O10S. The van der Waals surface area contributed by atoms with Gasteiger partial charge in [-0.05, 0) is 77.8 Å². The number of hydrogen-bond acceptors (Lipinski definition) is 11. The zero-order valence-electron chi connectivity index (χ0n) is 27.6. The number of aromatic nitrogens is 2. The highest BCUT2D eigenvalue weighted by Crippen LogP contribution is 2.36. The van der Waals surface area contributed by atoms with Crippen molar-refractivity contribution in [1.29, 1.82) is 0 Å². The lowest BCUT2D eigenvalue weighted by Crippen LogP contribution is -2.49. The van der Waals surface area contributed by atoms with Gasteiger partial charge in [0.1, 0.15) is 16.2 Å². The first-order valence-corrected chi connectivity index (χ1v) is 15.5. The van der Waals surface area contributed by atoms with E-state index in [0.717, 1.165) is 40.5 Å². The predicted octanol–water partition coefficient (Wildman–Crippen LogP) is 6.26. The molecule has 3 N–H and O–H groups in total. The molecule has 1 aromatic heterocycles. The summed E-state index contributed by atoms with van der Waals surface area (Å²) < 4.78 is 50.5. The summed E-state index contributed by atoms with van der Waals surface area (Å²) in [5, 5.41) is 41.1. The number of carboxylic acid groups (broad SMARTS) is 2. The van der Waals surface area contributed by atoms with Crippen LogP contribution >= 0.6 is 11.3 Å². The molecule has 0 spiro atoms. The summed E-state index contributed by atoms with van der Waals surface area (Å²) in [6.45, 7) is 9.26. The van der Waals surface area contributed by atoms with Gasteiger partial charge in [-0.1, -0.05) is 23.5 Å². The van der Waals surface area contributed by atoms with Crippen molar-refractivity contribution in [1.82, 2.24) is 15.5 Å². The van der Waals surface area contributed by atoms with Crippen molar-refractivity contribution < 1.29 is 57.0 Å². The lowest BCUT2D eigenvalue weighted by atomic mass is 9.95. The van der Waals surface area contributed by atoms with E-state index in [2.05, 4.69) is 15.5 Å². The molecule has 0 radical (unpaired) electrons. The number of nitro groups is 1. The number of benzene rings is 2. The molecular weight excluding hydrogens is 691 g/mol. The first-order valence-electron chi connectivity index (χ1n) is 14.7. The molecule has 0 aliphatic heterocycles. The Morgan fingerprint density at radius 1 is 0.940 bits per heavy atom. The summed E-state index contributed by atoms with van der Waals surface area (Å²) in [5.74, 6) is -5.97. The molecule has 2 amide bonds. The minimum absolute atomic E-state index is 0.00127. The van der Waals surface area contributed by atoms with E-state index < -0.39 is 75.2 Å². The molecule has 1 heterocycles. The van der Waals surface area contributed by atoms with Crippen LogP contribution in [0.3, 0.4) is 0 Å². The van der Waals surface area contributed by atoms with Gasteiger partial charge in [0.2, 0.25) is 5.13 Å². The molecule has 1 atom stereocenters. The average molecular weight is 726 g/mol. The number of aliphatic carboxylic acids is 2. The van der Waals surface area contributed by atoms with Crippen molar-refractivity contribution in [2.24, 2.45) is 0 Å². The number of carbonyl (C=O) groups is 4. The van der Waals surface area contributed by atoms with E-state index >= 15 is 0 Å². The van der Waals surface area contributed by atoms with Gasteiger partial charge in [-0.2, -0.15) is 13.2 Å². The molecule has 0 aliphatic rings. The average Bonchev–Trinajstić information content (AvgIpc) is 3.43. The monoisotopic (exact) mass is 725 g/mol. The number of alkyl halides is 3. The number of halogens is 3. The number of nitrogens with zero attached hydrogens (tertiary/aromatic N) is 4. The van der Waals surface area contributed by atoms with E-state index in [9.17, 15) is 52.7 Å². The highest BCUT2D eigenvalue weighted by Gasteiger charge is 2.36. The van der Waals surface area contributed by atoms with E-state index in [0.29, 0.717) is 5.56 Å². The van der Waals surface area contributed by atoms with Crippen LogP contribution in [0.5, 0.6) is 0 Å². The third-order valence-corrected chi connectivity index (χ3v) is 7.42. The van der Waals surface area contributed by atoms with Gasteiger partial charge in [0.25, 0.3) is 5.69 Å². The minimum atomic E-state index is -4.58. The van der Waals surface area contributed by atoms with Gasteiger partial charge in [-0.15, -0.1) is 10.2 Å². The Hall–Kier alpha value is -5.33. The Labute approximate surface area is 287 Å². The topological polar surface area (TPSA) is 211 Å². The number of carboxylic acids is 2. The van der Waals surface area contributed by atoms with Crippen molar-refractivity contribution in [2.45, 2.75) is 77.3 Å². The molecule has 19 heteroatoms. The highest BCUT2D eigenvalue weighted by molar-refractivity contribution is 7.18. The second-order valence-electron chi connectivity index (χ2n) is 12.9. The number of amides is 2. The molecule has 0 saturated carbocycles. The van der Waals surface area contributed by atoms with E-state index in [4.69, 9.17) is 9.47 Å². The van der Waals surface area contributed by atoms with Crippen molar-refractivity contribution in [2.75, 3.05) is 11.4 Å². The molecule has 15 nitrogen and oxygen atoms in total. The molecule has 0 bridgehead atoms. The normalized spacial score (nSPS) is 12.6. The number of alkyl carbamates (subject to hydrolysis) is 1. The zero-order valence-corrected chi connectivity index (χ0v) is 28.4. The Morgan fingerprint density at radius 3 is 2.02 bits per heavy atom. The summed E-state index contributed by atoms with van der Waals surface area (Å²) in [7, 11) is 0. The van der Waals surface area contributed by atoms with Gasteiger partial charge in [-0.3, -0.25) is 19.7 Å². The summed E-state index contributed by atoms with van der Waals surface area (Å²) in [6.07, 6.45) is -6.51. The first kappa shape index (κ1) is 39.1. The van der Waals surface area contributed by atoms with Crippen molar-refractivity contribution in [3.8, 4) is 10.6 Å². The Bertz CT molecular complexity index is 1740. The highest BCUT2D eigenvalue weighted by atomic mass is 32.1. The molecule has 270 valence electrons. The number of nitro benzene ring substituents is 1. The number of nitrogens with one attached hydrogen (secondary N) is 1. The fraction of sp³-hybridized carbons (Fsp3) is 0.419. The van der Waals surface area contributed by atoms with Crippen LogP contribution in [-0.4, -0.2) is 73.2 Å². The van der Waals surface area contributed by atoms with Gasteiger partial charge in [0.15, 0.2) is 5.92 Å². The third-order valence-electron chi connectivity index (χ3n) is 6.42. The number of carbonyl (C=O) groups excluding carboxylic acids is 2. The van der Waals surface area contributed by atoms with Crippen LogP contribution in [-0.2, 0) is 31.7 Å². The SMILES string of the molecule is CC(C)(C)OC(=O)N[C@@H](Cc1ccc(C(F)(F)F)cc1)CN(C(=O)OC(C)(C)C)c1nnc(-c2ccc([N+](=O)[O-])c(C(C(=O)O)C(=O)O)c2)s1. The molecule has 0 fully saturated rings. The van der Waals surface area contributed by atoms with Gasteiger partial charge in [-0.25, -0.2) is 14.5 Å². The molecule has 50 heavy (non-hydrogen) atoms. The third kappa shape index (κ3) is 10.8. The fourth-order valence-corrected chi connectivity index (χ4v) is 5.26. The lowest BCUT2D eigenvalue weighted by molar-refractivity contribution is -0.385. The Kier molecular flexibility index (Phi) is 11.8.